The summed E-state index contributed by atoms with van der Waals surface area (Å²) in [5.41, 5.74) is 49.3. The van der Waals surface area contributed by atoms with E-state index in [4.69, 9.17) is 0 Å². The van der Waals surface area contributed by atoms with Crippen molar-refractivity contribution in [3.8, 4) is 11.1 Å². The second-order valence-electron chi connectivity index (χ2n) is 30.7. The normalized spacial score (nSPS) is 46.5. The molecule has 324 valence electrons. The van der Waals surface area contributed by atoms with E-state index in [1.807, 2.05) is 203 Å². The predicted molar refractivity (Wildman–Crippen MR) is 284 cm³/mol. The minimum Gasteiger partial charge on any atom is -0.112 e. The average molecular weight is 927 g/mol. The van der Waals surface area contributed by atoms with Crippen molar-refractivity contribution in [2.45, 2.75) is 135 Å². The highest BCUT2D eigenvalue weighted by atomic mass is 32.2. The summed E-state index contributed by atoms with van der Waals surface area (Å²) in [4.78, 5) is 1.75. The van der Waals surface area contributed by atoms with Crippen molar-refractivity contribution in [2.24, 2.45) is 11.8 Å². The van der Waals surface area contributed by atoms with Gasteiger partial charge >= 0.3 is 0 Å². The van der Waals surface area contributed by atoms with Gasteiger partial charge in [0.05, 0.1) is 4.75 Å². The van der Waals surface area contributed by atoms with Gasteiger partial charge in [-0.25, -0.2) is 0 Å². The molecular weight excluding hydrogens is 897 g/mol. The van der Waals surface area contributed by atoms with Crippen LogP contribution in [0.5, 0.6) is 0 Å². The molecule has 0 bridgehead atoms. The van der Waals surface area contributed by atoms with Crippen LogP contribution in [0.4, 0.5) is 0 Å². The van der Waals surface area contributed by atoms with Crippen LogP contribution in [0.15, 0.2) is 29.2 Å². The highest BCUT2D eigenvalue weighted by Crippen LogP contribution is 3.01. The SMILES string of the molecule is Cc1ccc2c3c(cc(C)c2c1)C12c4c5c6c7c8c9c%10c%11c%12c%13c%14c%15c(c%16c%13c%10c7c4-%16)C1(S3)C1C%15C3c4c7c%10c%13c%15c%16c%17c%18c%19c%20c%21c%22c%23c(c4c4c%22c%19c%16c%104)C3C%14C%12C%23C%21C%11C9C%20C%18C8C6C%17C%15C5C2C%13C71. The lowest BCUT2D eigenvalue weighted by Gasteiger charge is -2.65. The first-order valence-corrected chi connectivity index (χ1v) is 30.5. The molecule has 0 amide bonds. The van der Waals surface area contributed by atoms with E-state index in [1.54, 1.807) is 21.2 Å². The number of aryl methyl sites for hydroxylation is 2. The molecule has 2 spiro atoms. The molecule has 0 saturated heterocycles. The van der Waals surface area contributed by atoms with Crippen molar-refractivity contribution in [3.05, 3.63) is 152 Å². The van der Waals surface area contributed by atoms with Crippen LogP contribution in [0.3, 0.4) is 0 Å². The minimum absolute atomic E-state index is 0.00954. The molecule has 1 saturated carbocycles. The molecular formula is C72H30S. The Labute approximate surface area is 416 Å². The average Bonchev–Trinajstić information content (AvgIpc) is 4.40. The van der Waals surface area contributed by atoms with E-state index in [2.05, 4.69) is 61.0 Å². The van der Waals surface area contributed by atoms with E-state index in [1.165, 1.54) is 5.56 Å². The van der Waals surface area contributed by atoms with Gasteiger partial charge in [-0.15, -0.1) is 11.8 Å². The zero-order chi connectivity index (χ0) is 43.5. The number of rotatable bonds is 0. The third-order valence-corrected chi connectivity index (χ3v) is 33.4. The number of thioether (sulfide) groups is 1. The molecule has 0 aromatic heterocycles. The molecule has 22 atom stereocenters. The number of fused-ring (bicyclic) bond motifs is 3. The minimum atomic E-state index is -0.00954. The van der Waals surface area contributed by atoms with Crippen molar-refractivity contribution in [3.63, 3.8) is 0 Å². The highest BCUT2D eigenvalue weighted by molar-refractivity contribution is 8.01. The summed E-state index contributed by atoms with van der Waals surface area (Å²) in [6.07, 6.45) is 0. The maximum absolute atomic E-state index is 2.96. The first-order chi connectivity index (χ1) is 36.2. The Bertz CT molecular complexity index is 5860. The summed E-state index contributed by atoms with van der Waals surface area (Å²) in [5, 5.41) is 33.9. The van der Waals surface area contributed by atoms with Crippen LogP contribution in [0.2, 0.25) is 0 Å². The molecule has 35 rings (SSSR count). The smallest absolute Gasteiger partial charge is 0.0645 e. The summed E-state index contributed by atoms with van der Waals surface area (Å²) in [6.45, 7) is 4.92. The summed E-state index contributed by atoms with van der Waals surface area (Å²) in [5.74, 6) is 13.1. The van der Waals surface area contributed by atoms with E-state index < -0.39 is 0 Å². The summed E-state index contributed by atoms with van der Waals surface area (Å²) in [6, 6.07) is 10.7. The third-order valence-electron chi connectivity index (χ3n) is 31.7. The maximum Gasteiger partial charge on any atom is 0.0645 e. The fourth-order valence-electron chi connectivity index (χ4n) is 33.0. The van der Waals surface area contributed by atoms with Crippen LogP contribution in [-0.2, 0) is 10.2 Å². The molecule has 73 heavy (non-hydrogen) atoms. The summed E-state index contributed by atoms with van der Waals surface area (Å²) in [7, 11) is 0. The zero-order valence-corrected chi connectivity index (χ0v) is 40.1. The van der Waals surface area contributed by atoms with Crippen molar-refractivity contribution in [1.82, 2.24) is 0 Å². The molecule has 22 unspecified atom stereocenters. The third kappa shape index (κ3) is 1.64. The predicted octanol–water partition coefficient (Wildman–Crippen LogP) is 16.3. The summed E-state index contributed by atoms with van der Waals surface area (Å²) >= 11 is 2.60. The van der Waals surface area contributed by atoms with Gasteiger partial charge in [0.1, 0.15) is 0 Å². The second-order valence-corrected chi connectivity index (χ2v) is 32.0. The van der Waals surface area contributed by atoms with Crippen molar-refractivity contribution in [1.29, 1.82) is 0 Å². The van der Waals surface area contributed by atoms with E-state index in [-0.39, 0.29) is 10.2 Å². The molecule has 1 heteroatoms. The van der Waals surface area contributed by atoms with Crippen molar-refractivity contribution < 1.29 is 0 Å². The molecule has 1 heterocycles. The number of benzene rings is 11. The first-order valence-electron chi connectivity index (χ1n) is 29.7. The Hall–Kier alpha value is -5.89. The van der Waals surface area contributed by atoms with E-state index in [0.29, 0.717) is 118 Å². The van der Waals surface area contributed by atoms with Gasteiger partial charge in [0.2, 0.25) is 0 Å². The lowest BCUT2D eigenvalue weighted by atomic mass is 9.39. The zero-order valence-electron chi connectivity index (χ0n) is 39.3. The molecule has 1 fully saturated rings. The topological polar surface area (TPSA) is 0 Å². The monoisotopic (exact) mass is 926 g/mol. The Kier molecular flexibility index (Phi) is 2.72. The highest BCUT2D eigenvalue weighted by Gasteiger charge is 2.89. The molecule has 12 aromatic rings. The van der Waals surface area contributed by atoms with Gasteiger partial charge in [-0.2, -0.15) is 0 Å². The lowest BCUT2D eigenvalue weighted by Crippen LogP contribution is -2.62. The fraction of sp³-hybridized carbons (Fsp3) is 0.333. The fourth-order valence-corrected chi connectivity index (χ4v) is 35.1. The molecule has 22 aliphatic carbocycles. The molecule has 1 aliphatic heterocycles. The van der Waals surface area contributed by atoms with Gasteiger partial charge in [-0.05, 0) is 363 Å². The van der Waals surface area contributed by atoms with Crippen LogP contribution in [0, 0.1) is 25.7 Å². The Morgan fingerprint density at radius 2 is 0.658 bits per heavy atom. The van der Waals surface area contributed by atoms with Crippen LogP contribution >= 0.6 is 11.8 Å². The van der Waals surface area contributed by atoms with Crippen LogP contribution in [-0.4, -0.2) is 0 Å². The second kappa shape index (κ2) is 6.79. The van der Waals surface area contributed by atoms with Crippen LogP contribution in [0.25, 0.3) is 108 Å². The Morgan fingerprint density at radius 3 is 1.14 bits per heavy atom. The van der Waals surface area contributed by atoms with Gasteiger partial charge in [-0.1, -0.05) is 29.8 Å². The number of hydrogen-bond acceptors (Lipinski definition) is 1. The summed E-state index contributed by atoms with van der Waals surface area (Å²) < 4.78 is 0.0223. The van der Waals surface area contributed by atoms with Gasteiger partial charge in [0, 0.05) is 10.3 Å². The molecule has 23 aliphatic rings. The van der Waals surface area contributed by atoms with Gasteiger partial charge in [0.15, 0.2) is 0 Å². The van der Waals surface area contributed by atoms with Gasteiger partial charge < -0.3 is 0 Å². The van der Waals surface area contributed by atoms with Crippen molar-refractivity contribution in [2.75, 3.05) is 0 Å². The standard InChI is InChI=1S/C72H30S/c1-7-3-4-9-10(5-7)8(2)6-11-70(9)73-72-68-62-56-46-34-26-18-14-12-13-16-20(18)28(34)38-32-24(16)25-17(13)21-19-15(12)23-22(14)30-36(26)44-50-40(30)41-31(23)37-27(19)35-29(21)39-33(25)43-42(32)54(48(38)56)64(68)65-55(43)49(39)57-47(35)53-45(37)51(41)59-58(50)66(60(62)52(44)46)71(11,72)67(59)61(53)63(57)69(65)72/h3-6,14,16,18,20,22,24,30,32,40-43,51,55,59,61,63,65,67,69H,1-2H3. The first kappa shape index (κ1) is 29.3. The van der Waals surface area contributed by atoms with Gasteiger partial charge in [-0.3, -0.25) is 0 Å². The van der Waals surface area contributed by atoms with Crippen molar-refractivity contribution >= 4 is 109 Å². The van der Waals surface area contributed by atoms with Crippen LogP contribution < -0.4 is 0 Å². The Balaban J connectivity index is 0.994. The molecule has 0 radical (unpaired) electrons. The maximum atomic E-state index is 2.96. The molecule has 0 nitrogen and oxygen atoms in total. The quantitative estimate of drug-likeness (QED) is 0.137. The number of hydrogen-bond donors (Lipinski definition) is 0. The van der Waals surface area contributed by atoms with Gasteiger partial charge in [0.25, 0.3) is 0 Å². The van der Waals surface area contributed by atoms with Crippen LogP contribution in [0.1, 0.15) is 234 Å². The largest absolute Gasteiger partial charge is 0.112 e. The molecule has 0 N–H and O–H groups in total. The van der Waals surface area contributed by atoms with E-state index in [9.17, 15) is 0 Å². The lowest BCUT2D eigenvalue weighted by molar-refractivity contribution is 0.0342. The molecule has 12 aromatic carbocycles. The van der Waals surface area contributed by atoms with E-state index in [0.717, 1.165) is 0 Å². The Morgan fingerprint density at radius 1 is 0.315 bits per heavy atom. The van der Waals surface area contributed by atoms with E-state index >= 15 is 0 Å².